The molecule has 0 saturated carbocycles. The van der Waals surface area contributed by atoms with Crippen molar-refractivity contribution in [2.75, 3.05) is 19.5 Å². The minimum Gasteiger partial charge on any atom is -0.497 e. The van der Waals surface area contributed by atoms with Gasteiger partial charge in [-0.25, -0.2) is 0 Å². The highest BCUT2D eigenvalue weighted by Gasteiger charge is 1.97. The van der Waals surface area contributed by atoms with Crippen molar-refractivity contribution in [1.82, 2.24) is 0 Å². The SMILES string of the molecule is CNc1cc(OC)ccc1Br.Cl. The van der Waals surface area contributed by atoms with Crippen LogP contribution in [0.4, 0.5) is 5.69 Å². The van der Waals surface area contributed by atoms with Crippen LogP contribution in [0.5, 0.6) is 5.75 Å². The molecule has 1 aromatic rings. The maximum absolute atomic E-state index is 5.05. The maximum atomic E-state index is 5.05. The lowest BCUT2D eigenvalue weighted by Crippen LogP contribution is -1.90. The first-order chi connectivity index (χ1) is 5.27. The molecular formula is C8H11BrClNO. The van der Waals surface area contributed by atoms with Gasteiger partial charge in [0.05, 0.1) is 12.8 Å². The minimum atomic E-state index is 0. The van der Waals surface area contributed by atoms with Crippen molar-refractivity contribution in [2.45, 2.75) is 0 Å². The molecule has 0 aliphatic rings. The van der Waals surface area contributed by atoms with Gasteiger partial charge in [0.15, 0.2) is 0 Å². The molecule has 0 fully saturated rings. The fourth-order valence-electron chi connectivity index (χ4n) is 0.823. The van der Waals surface area contributed by atoms with Crippen molar-refractivity contribution in [2.24, 2.45) is 0 Å². The maximum Gasteiger partial charge on any atom is 0.121 e. The normalized spacial score (nSPS) is 8.58. The number of halogens is 2. The van der Waals surface area contributed by atoms with Gasteiger partial charge in [-0.15, -0.1) is 12.4 Å². The van der Waals surface area contributed by atoms with E-state index in [1.807, 2.05) is 25.2 Å². The van der Waals surface area contributed by atoms with Crippen LogP contribution in [0.2, 0.25) is 0 Å². The summed E-state index contributed by atoms with van der Waals surface area (Å²) in [4.78, 5) is 0. The number of hydrogen-bond acceptors (Lipinski definition) is 2. The molecule has 1 rings (SSSR count). The van der Waals surface area contributed by atoms with Crippen LogP contribution in [0, 0.1) is 0 Å². The monoisotopic (exact) mass is 251 g/mol. The number of hydrogen-bond donors (Lipinski definition) is 1. The van der Waals surface area contributed by atoms with Crippen molar-refractivity contribution < 1.29 is 4.74 Å². The lowest BCUT2D eigenvalue weighted by molar-refractivity contribution is 0.415. The smallest absolute Gasteiger partial charge is 0.121 e. The van der Waals surface area contributed by atoms with E-state index in [4.69, 9.17) is 4.74 Å². The van der Waals surface area contributed by atoms with Gasteiger partial charge in [-0.1, -0.05) is 0 Å². The fourth-order valence-corrected chi connectivity index (χ4v) is 1.27. The Balaban J connectivity index is 0.00000121. The summed E-state index contributed by atoms with van der Waals surface area (Å²) in [6.07, 6.45) is 0. The second-order valence-corrected chi connectivity index (χ2v) is 2.95. The number of nitrogens with one attached hydrogen (secondary N) is 1. The van der Waals surface area contributed by atoms with E-state index in [2.05, 4.69) is 21.2 Å². The first-order valence-corrected chi connectivity index (χ1v) is 4.08. The number of rotatable bonds is 2. The first-order valence-electron chi connectivity index (χ1n) is 3.29. The third kappa shape index (κ3) is 2.57. The Hall–Kier alpha value is -0.410. The summed E-state index contributed by atoms with van der Waals surface area (Å²) in [5, 5.41) is 3.04. The highest BCUT2D eigenvalue weighted by Crippen LogP contribution is 2.26. The number of anilines is 1. The van der Waals surface area contributed by atoms with Gasteiger partial charge in [0.25, 0.3) is 0 Å². The van der Waals surface area contributed by atoms with Crippen molar-refractivity contribution >= 4 is 34.0 Å². The molecule has 12 heavy (non-hydrogen) atoms. The zero-order chi connectivity index (χ0) is 8.27. The molecule has 0 aliphatic heterocycles. The molecule has 0 unspecified atom stereocenters. The largest absolute Gasteiger partial charge is 0.497 e. The van der Waals surface area contributed by atoms with Crippen LogP contribution >= 0.6 is 28.3 Å². The third-order valence-corrected chi connectivity index (χ3v) is 2.13. The molecule has 0 heterocycles. The van der Waals surface area contributed by atoms with Gasteiger partial charge in [-0.05, 0) is 28.1 Å². The molecule has 2 nitrogen and oxygen atoms in total. The summed E-state index contributed by atoms with van der Waals surface area (Å²) in [5.74, 6) is 0.859. The van der Waals surface area contributed by atoms with E-state index < -0.39 is 0 Å². The summed E-state index contributed by atoms with van der Waals surface area (Å²) in [7, 11) is 3.53. The van der Waals surface area contributed by atoms with Crippen molar-refractivity contribution in [3.05, 3.63) is 22.7 Å². The highest BCUT2D eigenvalue weighted by molar-refractivity contribution is 9.10. The number of ether oxygens (including phenoxy) is 1. The van der Waals surface area contributed by atoms with Gasteiger partial charge >= 0.3 is 0 Å². The fraction of sp³-hybridized carbons (Fsp3) is 0.250. The van der Waals surface area contributed by atoms with E-state index in [0.717, 1.165) is 15.9 Å². The second-order valence-electron chi connectivity index (χ2n) is 2.10. The molecule has 0 aromatic heterocycles. The molecule has 0 spiro atoms. The standard InChI is InChI=1S/C8H10BrNO.ClH/c1-10-8-5-6(11-2)3-4-7(8)9;/h3-5,10H,1-2H3;1H. The van der Waals surface area contributed by atoms with E-state index >= 15 is 0 Å². The van der Waals surface area contributed by atoms with Gasteiger partial charge in [-0.2, -0.15) is 0 Å². The van der Waals surface area contributed by atoms with Crippen molar-refractivity contribution in [1.29, 1.82) is 0 Å². The average Bonchev–Trinajstić information content (AvgIpc) is 2.05. The third-order valence-electron chi connectivity index (χ3n) is 1.44. The molecule has 0 bridgehead atoms. The van der Waals surface area contributed by atoms with Gasteiger partial charge in [-0.3, -0.25) is 0 Å². The van der Waals surface area contributed by atoms with Crippen LogP contribution in [0.15, 0.2) is 22.7 Å². The number of methoxy groups -OCH3 is 1. The Kier molecular flexibility index (Phi) is 5.09. The van der Waals surface area contributed by atoms with E-state index in [-0.39, 0.29) is 12.4 Å². The van der Waals surface area contributed by atoms with Crippen LogP contribution in [0.3, 0.4) is 0 Å². The van der Waals surface area contributed by atoms with E-state index in [1.54, 1.807) is 7.11 Å². The van der Waals surface area contributed by atoms with Gasteiger partial charge in [0.2, 0.25) is 0 Å². The Bertz CT molecular complexity index is 255. The molecule has 0 atom stereocenters. The van der Waals surface area contributed by atoms with E-state index in [9.17, 15) is 0 Å². The van der Waals surface area contributed by atoms with Crippen molar-refractivity contribution in [3.8, 4) is 5.75 Å². The summed E-state index contributed by atoms with van der Waals surface area (Å²) < 4.78 is 6.09. The zero-order valence-corrected chi connectivity index (χ0v) is 9.33. The van der Waals surface area contributed by atoms with Crippen LogP contribution in [0.1, 0.15) is 0 Å². The quantitative estimate of drug-likeness (QED) is 0.874. The summed E-state index contributed by atoms with van der Waals surface area (Å²) in [6.45, 7) is 0. The number of benzene rings is 1. The lowest BCUT2D eigenvalue weighted by Gasteiger charge is -2.05. The van der Waals surface area contributed by atoms with Crippen LogP contribution in [-0.4, -0.2) is 14.2 Å². The predicted octanol–water partition coefficient (Wildman–Crippen LogP) is 2.92. The molecule has 0 aliphatic carbocycles. The molecule has 4 heteroatoms. The molecule has 68 valence electrons. The lowest BCUT2D eigenvalue weighted by atomic mass is 10.3. The summed E-state index contributed by atoms with van der Waals surface area (Å²) >= 11 is 3.40. The Morgan fingerprint density at radius 2 is 2.08 bits per heavy atom. The summed E-state index contributed by atoms with van der Waals surface area (Å²) in [6, 6.07) is 5.79. The van der Waals surface area contributed by atoms with Gasteiger partial charge < -0.3 is 10.1 Å². The van der Waals surface area contributed by atoms with Crippen molar-refractivity contribution in [3.63, 3.8) is 0 Å². The van der Waals surface area contributed by atoms with E-state index in [1.165, 1.54) is 0 Å². The Morgan fingerprint density at radius 3 is 2.58 bits per heavy atom. The minimum absolute atomic E-state index is 0. The molecular weight excluding hydrogens is 241 g/mol. The zero-order valence-electron chi connectivity index (χ0n) is 6.93. The molecule has 0 saturated heterocycles. The molecule has 1 N–H and O–H groups in total. The van der Waals surface area contributed by atoms with Crippen LogP contribution in [0.25, 0.3) is 0 Å². The summed E-state index contributed by atoms with van der Waals surface area (Å²) in [5.41, 5.74) is 1.03. The van der Waals surface area contributed by atoms with Crippen LogP contribution < -0.4 is 10.1 Å². The molecule has 0 radical (unpaired) electrons. The van der Waals surface area contributed by atoms with E-state index in [0.29, 0.717) is 0 Å². The predicted molar refractivity (Wildman–Crippen MR) is 57.5 cm³/mol. The van der Waals surface area contributed by atoms with Crippen LogP contribution in [-0.2, 0) is 0 Å². The Labute approximate surface area is 86.8 Å². The first kappa shape index (κ1) is 11.6. The van der Waals surface area contributed by atoms with Gasteiger partial charge in [0, 0.05) is 17.6 Å². The molecule has 1 aromatic carbocycles. The van der Waals surface area contributed by atoms with Gasteiger partial charge in [0.1, 0.15) is 5.75 Å². The highest BCUT2D eigenvalue weighted by atomic mass is 79.9. The molecule has 0 amide bonds. The topological polar surface area (TPSA) is 21.3 Å². The second kappa shape index (κ2) is 5.27. The Morgan fingerprint density at radius 1 is 1.42 bits per heavy atom. The average molecular weight is 253 g/mol.